The van der Waals surface area contributed by atoms with E-state index in [0.717, 1.165) is 22.0 Å². The number of nitrogens with zero attached hydrogens (tertiary/aromatic N) is 2. The van der Waals surface area contributed by atoms with Crippen molar-refractivity contribution in [1.82, 2.24) is 10.3 Å². The van der Waals surface area contributed by atoms with Crippen molar-refractivity contribution < 1.29 is 14.7 Å². The van der Waals surface area contributed by atoms with Gasteiger partial charge in [-0.05, 0) is 59.3 Å². The van der Waals surface area contributed by atoms with Crippen LogP contribution in [-0.4, -0.2) is 33.7 Å². The van der Waals surface area contributed by atoms with E-state index in [1.165, 1.54) is 11.8 Å². The van der Waals surface area contributed by atoms with Gasteiger partial charge in [-0.25, -0.2) is 0 Å². The molecule has 0 fully saturated rings. The maximum Gasteiger partial charge on any atom is 0.286 e. The maximum absolute atomic E-state index is 12.4. The number of benzene rings is 2. The van der Waals surface area contributed by atoms with E-state index in [-0.39, 0.29) is 12.5 Å². The Bertz CT molecular complexity index is 1240. The Morgan fingerprint density at radius 1 is 1.19 bits per heavy atom. The number of carbonyl (C=O) groups excluding carboxylic acids is 2. The smallest absolute Gasteiger partial charge is 0.286 e. The van der Waals surface area contributed by atoms with E-state index in [4.69, 9.17) is 16.7 Å². The number of aliphatic imine (C=N–C) groups is 1. The van der Waals surface area contributed by atoms with Crippen LogP contribution in [-0.2, 0) is 16.1 Å². The first kappa shape index (κ1) is 21.0. The Morgan fingerprint density at radius 3 is 2.90 bits per heavy atom. The van der Waals surface area contributed by atoms with Crippen molar-refractivity contribution in [2.75, 3.05) is 11.9 Å². The number of nitrogens with one attached hydrogen (secondary N) is 2. The lowest BCUT2D eigenvalue weighted by molar-refractivity contribution is -0.124. The molecule has 0 bridgehead atoms. The molecule has 2 aromatic carbocycles. The monoisotopic (exact) mass is 452 g/mol. The molecule has 3 aromatic rings. The van der Waals surface area contributed by atoms with Crippen molar-refractivity contribution in [3.05, 3.63) is 75.8 Å². The number of aromatic nitrogens is 1. The highest BCUT2D eigenvalue weighted by atomic mass is 35.5. The summed E-state index contributed by atoms with van der Waals surface area (Å²) < 4.78 is 0. The summed E-state index contributed by atoms with van der Waals surface area (Å²) in [6.45, 7) is -0.331. The summed E-state index contributed by atoms with van der Waals surface area (Å²) in [5, 5.41) is 16.3. The van der Waals surface area contributed by atoms with Gasteiger partial charge in [-0.2, -0.15) is 4.99 Å². The lowest BCUT2D eigenvalue weighted by Gasteiger charge is -2.10. The van der Waals surface area contributed by atoms with Crippen LogP contribution >= 0.6 is 23.4 Å². The molecular weight excluding hydrogens is 436 g/mol. The van der Waals surface area contributed by atoms with Crippen LogP contribution in [0.3, 0.4) is 0 Å². The molecule has 156 valence electrons. The van der Waals surface area contributed by atoms with Crippen molar-refractivity contribution in [3.8, 4) is 0 Å². The van der Waals surface area contributed by atoms with Crippen LogP contribution < -0.4 is 10.6 Å². The van der Waals surface area contributed by atoms with Gasteiger partial charge < -0.3 is 15.7 Å². The van der Waals surface area contributed by atoms with Crippen molar-refractivity contribution in [2.24, 2.45) is 4.99 Å². The van der Waals surface area contributed by atoms with Crippen LogP contribution in [0, 0.1) is 0 Å². The summed E-state index contributed by atoms with van der Waals surface area (Å²) in [5.74, 6) is -0.800. The molecule has 0 radical (unpaired) electrons. The molecular formula is C22H17ClN4O3S. The summed E-state index contributed by atoms with van der Waals surface area (Å²) in [4.78, 5) is 32.5. The Kier molecular flexibility index (Phi) is 6.31. The fourth-order valence-corrected chi connectivity index (χ4v) is 3.94. The third-order valence-corrected chi connectivity index (χ3v) is 5.68. The average Bonchev–Trinajstić information content (AvgIpc) is 3.12. The van der Waals surface area contributed by atoms with E-state index in [1.807, 2.05) is 30.3 Å². The van der Waals surface area contributed by atoms with E-state index in [1.54, 1.807) is 30.5 Å². The molecule has 31 heavy (non-hydrogen) atoms. The first-order valence-electron chi connectivity index (χ1n) is 9.32. The van der Waals surface area contributed by atoms with E-state index < -0.39 is 12.5 Å². The van der Waals surface area contributed by atoms with Crippen LogP contribution in [0.1, 0.15) is 11.1 Å². The van der Waals surface area contributed by atoms with Crippen LogP contribution in [0.5, 0.6) is 0 Å². The summed E-state index contributed by atoms with van der Waals surface area (Å²) >= 11 is 7.49. The fourth-order valence-electron chi connectivity index (χ4n) is 2.95. The third kappa shape index (κ3) is 5.11. The van der Waals surface area contributed by atoms with Crippen LogP contribution in [0.25, 0.3) is 17.0 Å². The number of hydrogen-bond donors (Lipinski definition) is 3. The van der Waals surface area contributed by atoms with Gasteiger partial charge >= 0.3 is 0 Å². The van der Waals surface area contributed by atoms with Gasteiger partial charge in [-0.1, -0.05) is 29.8 Å². The highest BCUT2D eigenvalue weighted by Crippen LogP contribution is 2.32. The number of anilines is 1. The van der Waals surface area contributed by atoms with Crippen LogP contribution in [0.15, 0.2) is 64.6 Å². The number of fused-ring (bicyclic) bond motifs is 1. The molecule has 4 rings (SSSR count). The molecule has 9 heteroatoms. The number of thioether (sulfide) groups is 1. The van der Waals surface area contributed by atoms with Crippen molar-refractivity contribution >= 4 is 63.0 Å². The van der Waals surface area contributed by atoms with Gasteiger partial charge in [-0.3, -0.25) is 14.6 Å². The van der Waals surface area contributed by atoms with E-state index in [2.05, 4.69) is 20.6 Å². The molecule has 0 saturated carbocycles. The molecule has 0 unspecified atom stereocenters. The topological polar surface area (TPSA) is 104 Å². The molecule has 2 amide bonds. The lowest BCUT2D eigenvalue weighted by atomic mass is 10.1. The molecule has 1 aromatic heterocycles. The van der Waals surface area contributed by atoms with Gasteiger partial charge in [0.15, 0.2) is 5.17 Å². The Hall–Kier alpha value is -3.20. The number of amides is 2. The van der Waals surface area contributed by atoms with Gasteiger partial charge in [0.05, 0.1) is 21.1 Å². The standard InChI is InChI=1S/C22H17ClN4O3S/c23-16-5-3-14(11-25-20(29)12-28)9-18(16)26-22-27-21(30)19(31-22)10-13-4-6-17-15(8-13)2-1-7-24-17/h1-10,28H,11-12H2,(H,25,29)(H,26,27,30)/b19-10-. The average molecular weight is 453 g/mol. The molecule has 1 aliphatic rings. The highest BCUT2D eigenvalue weighted by Gasteiger charge is 2.22. The van der Waals surface area contributed by atoms with Crippen molar-refractivity contribution in [3.63, 3.8) is 0 Å². The fraction of sp³-hybridized carbons (Fsp3) is 0.0909. The zero-order chi connectivity index (χ0) is 21.8. The number of pyridine rings is 1. The lowest BCUT2D eigenvalue weighted by Crippen LogP contribution is -2.25. The second kappa shape index (κ2) is 9.30. The van der Waals surface area contributed by atoms with Gasteiger partial charge in [0.2, 0.25) is 5.91 Å². The minimum Gasteiger partial charge on any atom is -0.387 e. The largest absolute Gasteiger partial charge is 0.387 e. The van der Waals surface area contributed by atoms with E-state index in [0.29, 0.717) is 20.8 Å². The number of amidine groups is 1. The Morgan fingerprint density at radius 2 is 2.06 bits per heavy atom. The molecule has 2 heterocycles. The summed E-state index contributed by atoms with van der Waals surface area (Å²) in [6, 6.07) is 14.8. The Labute approximate surface area is 187 Å². The SMILES string of the molecule is O=C(CO)NCc1ccc(Cl)c(NC2=NC(=O)/C(=C/c3ccc4ncccc4c3)S2)c1. The first-order chi connectivity index (χ1) is 15.0. The maximum atomic E-state index is 12.4. The molecule has 0 saturated heterocycles. The first-order valence-corrected chi connectivity index (χ1v) is 10.5. The summed E-state index contributed by atoms with van der Waals surface area (Å²) in [5.41, 5.74) is 3.12. The number of hydrogen-bond acceptors (Lipinski definition) is 6. The number of rotatable bonds is 5. The number of aliphatic hydroxyl groups excluding tert-OH is 1. The second-order valence-corrected chi connectivity index (χ2v) is 8.10. The molecule has 1 aliphatic heterocycles. The molecule has 7 nitrogen and oxygen atoms in total. The van der Waals surface area contributed by atoms with Gasteiger partial charge in [0.1, 0.15) is 6.61 Å². The van der Waals surface area contributed by atoms with Crippen LogP contribution in [0.4, 0.5) is 5.69 Å². The predicted octanol–water partition coefficient (Wildman–Crippen LogP) is 3.58. The third-order valence-electron chi connectivity index (χ3n) is 4.45. The predicted molar refractivity (Wildman–Crippen MR) is 124 cm³/mol. The quantitative estimate of drug-likeness (QED) is 0.511. The summed E-state index contributed by atoms with van der Waals surface area (Å²) in [7, 11) is 0. The molecule has 0 aliphatic carbocycles. The number of halogens is 1. The minimum atomic E-state index is -0.572. The van der Waals surface area contributed by atoms with E-state index in [9.17, 15) is 9.59 Å². The zero-order valence-electron chi connectivity index (χ0n) is 16.1. The van der Waals surface area contributed by atoms with Crippen LogP contribution in [0.2, 0.25) is 5.02 Å². The zero-order valence-corrected chi connectivity index (χ0v) is 17.7. The minimum absolute atomic E-state index is 0.242. The van der Waals surface area contributed by atoms with Gasteiger partial charge in [0.25, 0.3) is 5.91 Å². The van der Waals surface area contributed by atoms with Gasteiger partial charge in [-0.15, -0.1) is 0 Å². The molecule has 3 N–H and O–H groups in total. The second-order valence-electron chi connectivity index (χ2n) is 6.66. The number of carbonyl (C=O) groups is 2. The van der Waals surface area contributed by atoms with Gasteiger partial charge in [0, 0.05) is 18.1 Å². The molecule has 0 spiro atoms. The summed E-state index contributed by atoms with van der Waals surface area (Å²) in [6.07, 6.45) is 3.53. The highest BCUT2D eigenvalue weighted by molar-refractivity contribution is 8.18. The normalized spacial score (nSPS) is 14.7. The number of aliphatic hydroxyl groups is 1. The molecule has 0 atom stereocenters. The Balaban J connectivity index is 1.48. The van der Waals surface area contributed by atoms with E-state index >= 15 is 0 Å². The van der Waals surface area contributed by atoms with Crippen molar-refractivity contribution in [2.45, 2.75) is 6.54 Å². The van der Waals surface area contributed by atoms with Crippen molar-refractivity contribution in [1.29, 1.82) is 0 Å².